The molecule has 0 aliphatic rings. The number of hydrogen-bond donors (Lipinski definition) is 2. The maximum atomic E-state index is 12.3. The van der Waals surface area contributed by atoms with Gasteiger partial charge in [0.2, 0.25) is 0 Å². The van der Waals surface area contributed by atoms with Crippen molar-refractivity contribution in [3.63, 3.8) is 0 Å². The Labute approximate surface area is 163 Å². The second-order valence-corrected chi connectivity index (χ2v) is 5.67. The van der Waals surface area contributed by atoms with Gasteiger partial charge in [0.15, 0.2) is 6.10 Å². The summed E-state index contributed by atoms with van der Waals surface area (Å²) in [5, 5.41) is 0. The number of ether oxygens (including phenoxy) is 4. The fourth-order valence-corrected chi connectivity index (χ4v) is 2.31. The average molecular weight is 388 g/mol. The first kappa shape index (κ1) is 20.9. The van der Waals surface area contributed by atoms with Gasteiger partial charge in [-0.3, -0.25) is 20.4 Å². The normalized spacial score (nSPS) is 11.1. The first-order valence-electron chi connectivity index (χ1n) is 8.70. The Morgan fingerprint density at radius 2 is 1.57 bits per heavy atom. The molecule has 0 radical (unpaired) electrons. The minimum absolute atomic E-state index is 0.253. The summed E-state index contributed by atoms with van der Waals surface area (Å²) < 4.78 is 21.2. The lowest BCUT2D eigenvalue weighted by molar-refractivity contribution is -0.128. The van der Waals surface area contributed by atoms with Crippen molar-refractivity contribution in [2.75, 3.05) is 20.8 Å². The lowest BCUT2D eigenvalue weighted by Gasteiger charge is -2.16. The van der Waals surface area contributed by atoms with Crippen molar-refractivity contribution in [2.45, 2.75) is 20.0 Å². The van der Waals surface area contributed by atoms with Gasteiger partial charge in [-0.15, -0.1) is 0 Å². The molecule has 28 heavy (non-hydrogen) atoms. The highest BCUT2D eigenvalue weighted by Crippen LogP contribution is 2.24. The average Bonchev–Trinajstić information content (AvgIpc) is 2.72. The molecule has 0 saturated heterocycles. The second-order valence-electron chi connectivity index (χ2n) is 5.67. The first-order valence-corrected chi connectivity index (χ1v) is 8.70. The molecule has 2 N–H and O–H groups in total. The molecule has 0 saturated carbocycles. The summed E-state index contributed by atoms with van der Waals surface area (Å²) in [5.74, 6) is 1.07. The number of carbonyl (C=O) groups excluding carboxylic acids is 2. The molecular formula is C20H24N2O6. The van der Waals surface area contributed by atoms with Gasteiger partial charge in [-0.05, 0) is 50.2 Å². The van der Waals surface area contributed by atoms with Crippen LogP contribution in [0.2, 0.25) is 0 Å². The number of nitrogens with one attached hydrogen (secondary N) is 2. The highest BCUT2D eigenvalue weighted by Gasteiger charge is 2.18. The summed E-state index contributed by atoms with van der Waals surface area (Å²) >= 11 is 0. The predicted molar refractivity (Wildman–Crippen MR) is 103 cm³/mol. The fraction of sp³-hybridized carbons (Fsp3) is 0.300. The molecule has 8 nitrogen and oxygen atoms in total. The zero-order chi connectivity index (χ0) is 20.5. The van der Waals surface area contributed by atoms with Crippen LogP contribution in [0.5, 0.6) is 23.0 Å². The van der Waals surface area contributed by atoms with E-state index in [4.69, 9.17) is 18.9 Å². The molecular weight excluding hydrogens is 364 g/mol. The molecule has 2 rings (SSSR count). The number of methoxy groups -OCH3 is 2. The largest absolute Gasteiger partial charge is 0.497 e. The molecule has 8 heteroatoms. The van der Waals surface area contributed by atoms with Gasteiger partial charge in [0.05, 0.1) is 26.4 Å². The quantitative estimate of drug-likeness (QED) is 0.674. The molecule has 0 aliphatic carbocycles. The van der Waals surface area contributed by atoms with Gasteiger partial charge in [0, 0.05) is 6.07 Å². The van der Waals surface area contributed by atoms with E-state index >= 15 is 0 Å². The molecule has 0 spiro atoms. The molecule has 0 unspecified atom stereocenters. The van der Waals surface area contributed by atoms with Gasteiger partial charge >= 0.3 is 0 Å². The molecule has 0 fully saturated rings. The Morgan fingerprint density at radius 3 is 2.18 bits per heavy atom. The van der Waals surface area contributed by atoms with E-state index in [0.717, 1.165) is 0 Å². The Kier molecular flexibility index (Phi) is 7.50. The van der Waals surface area contributed by atoms with Crippen LogP contribution in [0.1, 0.15) is 24.2 Å². The molecule has 0 aliphatic heterocycles. The van der Waals surface area contributed by atoms with E-state index in [1.807, 2.05) is 6.92 Å². The Hall–Kier alpha value is -3.42. The lowest BCUT2D eigenvalue weighted by Crippen LogP contribution is -2.47. The van der Waals surface area contributed by atoms with E-state index in [1.165, 1.54) is 14.2 Å². The minimum atomic E-state index is -0.823. The smallest absolute Gasteiger partial charge is 0.279 e. The summed E-state index contributed by atoms with van der Waals surface area (Å²) in [4.78, 5) is 24.5. The zero-order valence-electron chi connectivity index (χ0n) is 16.3. The van der Waals surface area contributed by atoms with Gasteiger partial charge in [0.25, 0.3) is 11.8 Å². The maximum absolute atomic E-state index is 12.3. The maximum Gasteiger partial charge on any atom is 0.279 e. The molecule has 150 valence electrons. The number of amides is 2. The summed E-state index contributed by atoms with van der Waals surface area (Å²) in [6, 6.07) is 11.7. The van der Waals surface area contributed by atoms with E-state index in [0.29, 0.717) is 29.6 Å². The van der Waals surface area contributed by atoms with Crippen LogP contribution in [0, 0.1) is 0 Å². The third-order valence-corrected chi connectivity index (χ3v) is 3.77. The number of hydrazine groups is 1. The first-order chi connectivity index (χ1) is 13.5. The number of benzene rings is 2. The number of hydrogen-bond acceptors (Lipinski definition) is 6. The van der Waals surface area contributed by atoms with Crippen LogP contribution in [0.4, 0.5) is 0 Å². The Balaban J connectivity index is 1.91. The van der Waals surface area contributed by atoms with Gasteiger partial charge in [-0.2, -0.15) is 0 Å². The zero-order valence-corrected chi connectivity index (χ0v) is 16.3. The van der Waals surface area contributed by atoms with Crippen LogP contribution in [-0.4, -0.2) is 38.7 Å². The van der Waals surface area contributed by atoms with Crippen molar-refractivity contribution in [3.05, 3.63) is 48.0 Å². The summed E-state index contributed by atoms with van der Waals surface area (Å²) in [7, 11) is 2.96. The van der Waals surface area contributed by atoms with E-state index in [2.05, 4.69) is 10.9 Å². The Bertz CT molecular complexity index is 807. The van der Waals surface area contributed by atoms with Crippen LogP contribution >= 0.6 is 0 Å². The third-order valence-electron chi connectivity index (χ3n) is 3.77. The van der Waals surface area contributed by atoms with Crippen LogP contribution < -0.4 is 29.8 Å². The SMILES string of the molecule is CCOc1ccc(O[C@H](C)C(=O)NNC(=O)c2ccc(OC)cc2OC)cc1. The molecule has 0 aromatic heterocycles. The summed E-state index contributed by atoms with van der Waals surface area (Å²) in [5.41, 5.74) is 4.94. The highest BCUT2D eigenvalue weighted by molar-refractivity contribution is 5.98. The summed E-state index contributed by atoms with van der Waals surface area (Å²) in [6.07, 6.45) is -0.823. The predicted octanol–water partition coefficient (Wildman–Crippen LogP) is 2.33. The standard InChI is InChI=1S/C20H24N2O6/c1-5-27-14-6-8-15(9-7-14)28-13(2)19(23)21-22-20(24)17-11-10-16(25-3)12-18(17)26-4/h6-13H,5H2,1-4H3,(H,21,23)(H,22,24)/t13-/m1/s1. The topological polar surface area (TPSA) is 95.1 Å². The molecule has 0 bridgehead atoms. The van der Waals surface area contributed by atoms with E-state index in [1.54, 1.807) is 49.4 Å². The van der Waals surface area contributed by atoms with Gasteiger partial charge in [-0.25, -0.2) is 0 Å². The number of rotatable bonds is 8. The molecule has 2 amide bonds. The number of carbonyl (C=O) groups is 2. The monoisotopic (exact) mass is 388 g/mol. The van der Waals surface area contributed by atoms with Crippen molar-refractivity contribution in [1.29, 1.82) is 0 Å². The van der Waals surface area contributed by atoms with Gasteiger partial charge < -0.3 is 18.9 Å². The van der Waals surface area contributed by atoms with Crippen LogP contribution in [0.3, 0.4) is 0 Å². The summed E-state index contributed by atoms with van der Waals surface area (Å²) in [6.45, 7) is 4.04. The minimum Gasteiger partial charge on any atom is -0.497 e. The van der Waals surface area contributed by atoms with Crippen molar-refractivity contribution < 1.29 is 28.5 Å². The third kappa shape index (κ3) is 5.54. The van der Waals surface area contributed by atoms with E-state index in [9.17, 15) is 9.59 Å². The van der Waals surface area contributed by atoms with Crippen LogP contribution in [0.25, 0.3) is 0 Å². The molecule has 0 heterocycles. The van der Waals surface area contributed by atoms with Crippen molar-refractivity contribution in [3.8, 4) is 23.0 Å². The fourth-order valence-electron chi connectivity index (χ4n) is 2.31. The highest BCUT2D eigenvalue weighted by atomic mass is 16.5. The van der Waals surface area contributed by atoms with Crippen molar-refractivity contribution in [1.82, 2.24) is 10.9 Å². The molecule has 2 aromatic rings. The van der Waals surface area contributed by atoms with Crippen molar-refractivity contribution in [2.24, 2.45) is 0 Å². The molecule has 2 aromatic carbocycles. The van der Waals surface area contributed by atoms with Crippen LogP contribution in [-0.2, 0) is 4.79 Å². The lowest BCUT2D eigenvalue weighted by atomic mass is 10.2. The van der Waals surface area contributed by atoms with Gasteiger partial charge in [-0.1, -0.05) is 0 Å². The van der Waals surface area contributed by atoms with Gasteiger partial charge in [0.1, 0.15) is 23.0 Å². The van der Waals surface area contributed by atoms with E-state index < -0.39 is 17.9 Å². The molecule has 1 atom stereocenters. The second kappa shape index (κ2) is 10.1. The van der Waals surface area contributed by atoms with Crippen molar-refractivity contribution >= 4 is 11.8 Å². The van der Waals surface area contributed by atoms with Crippen LogP contribution in [0.15, 0.2) is 42.5 Å². The van der Waals surface area contributed by atoms with E-state index in [-0.39, 0.29) is 5.56 Å². The Morgan fingerprint density at radius 1 is 0.929 bits per heavy atom.